The van der Waals surface area contributed by atoms with Crippen LogP contribution in [0, 0.1) is 0 Å². The molecule has 6 heteroatoms. The highest BCUT2D eigenvalue weighted by Gasteiger charge is 2.41. The molecule has 0 spiro atoms. The zero-order chi connectivity index (χ0) is 15.9. The molecule has 128 valence electrons. The minimum absolute atomic E-state index is 0. The Bertz CT molecular complexity index is 615. The number of methoxy groups -OCH3 is 1. The van der Waals surface area contributed by atoms with E-state index in [1.807, 2.05) is 6.92 Å². The molecule has 0 aromatic heterocycles. The van der Waals surface area contributed by atoms with Gasteiger partial charge in [0.25, 0.3) is 0 Å². The summed E-state index contributed by atoms with van der Waals surface area (Å²) in [6.45, 7) is 3.14. The lowest BCUT2D eigenvalue weighted by molar-refractivity contribution is -0.922. The van der Waals surface area contributed by atoms with Crippen LogP contribution >= 0.6 is 0 Å². The summed E-state index contributed by atoms with van der Waals surface area (Å²) in [5.41, 5.74) is 2.33. The molecule has 2 aliphatic rings. The van der Waals surface area contributed by atoms with E-state index in [0.717, 1.165) is 34.5 Å². The van der Waals surface area contributed by atoms with Crippen LogP contribution in [-0.2, 0) is 11.2 Å². The van der Waals surface area contributed by atoms with Crippen LogP contribution in [0.4, 0.5) is 0 Å². The molecular formula is C17H24INO4. The number of carbonyl (C=O) groups excluding carboxylic acids is 1. The number of Topliss-reactive ketones (excluding diaryl/α,β-unsaturated/α-hetero) is 1. The highest BCUT2D eigenvalue weighted by atomic mass is 127. The number of likely N-dealkylation sites (N-methyl/N-ethyl adjacent to an activating group) is 1. The van der Waals surface area contributed by atoms with E-state index in [4.69, 9.17) is 14.2 Å². The van der Waals surface area contributed by atoms with Crippen molar-refractivity contribution in [1.82, 2.24) is 0 Å². The fraction of sp³-hybridized carbons (Fsp3) is 0.588. The van der Waals surface area contributed by atoms with Crippen molar-refractivity contribution >= 4 is 5.78 Å². The summed E-state index contributed by atoms with van der Waals surface area (Å²) in [5.74, 6) is 2.45. The number of hydrogen-bond donors (Lipinski definition) is 0. The largest absolute Gasteiger partial charge is 1.00 e. The Labute approximate surface area is 154 Å². The van der Waals surface area contributed by atoms with Gasteiger partial charge in [-0.05, 0) is 11.6 Å². The molecule has 0 saturated carbocycles. The van der Waals surface area contributed by atoms with E-state index in [0.29, 0.717) is 18.6 Å². The van der Waals surface area contributed by atoms with Gasteiger partial charge in [-0.25, -0.2) is 0 Å². The van der Waals surface area contributed by atoms with Gasteiger partial charge in [0.2, 0.25) is 12.5 Å². The first kappa shape index (κ1) is 18.3. The lowest BCUT2D eigenvalue weighted by atomic mass is 9.86. The Hall–Kier alpha value is -1.02. The number of quaternary nitrogens is 1. The predicted octanol–water partition coefficient (Wildman–Crippen LogP) is -0.529. The summed E-state index contributed by atoms with van der Waals surface area (Å²) in [4.78, 5) is 12.1. The number of nitrogens with zero attached hydrogens (tertiary/aromatic N) is 1. The van der Waals surface area contributed by atoms with Crippen molar-refractivity contribution in [3.8, 4) is 17.2 Å². The fourth-order valence-electron chi connectivity index (χ4n) is 3.48. The zero-order valence-corrected chi connectivity index (χ0v) is 16.3. The standard InChI is InChI=1S/C17H24NO4.HI/c1-5-12(19)9-13-15-11(6-7-18(13,2)3)8-14-16(17(15)20-4)22-10-21-14;/h8,13H,5-7,9-10H2,1-4H3;1H/q+1;/p-1. The van der Waals surface area contributed by atoms with Crippen molar-refractivity contribution in [1.29, 1.82) is 0 Å². The predicted molar refractivity (Wildman–Crippen MR) is 82.5 cm³/mol. The van der Waals surface area contributed by atoms with Gasteiger partial charge in [-0.1, -0.05) is 6.92 Å². The van der Waals surface area contributed by atoms with Crippen LogP contribution in [0.5, 0.6) is 17.2 Å². The van der Waals surface area contributed by atoms with Crippen molar-refractivity contribution in [3.63, 3.8) is 0 Å². The van der Waals surface area contributed by atoms with Gasteiger partial charge in [-0.2, -0.15) is 0 Å². The van der Waals surface area contributed by atoms with E-state index >= 15 is 0 Å². The number of fused-ring (bicyclic) bond motifs is 2. The van der Waals surface area contributed by atoms with Gasteiger partial charge >= 0.3 is 0 Å². The lowest BCUT2D eigenvalue weighted by Gasteiger charge is -2.43. The molecule has 23 heavy (non-hydrogen) atoms. The van der Waals surface area contributed by atoms with Crippen LogP contribution < -0.4 is 38.2 Å². The molecule has 0 fully saturated rings. The number of ether oxygens (including phenoxy) is 3. The number of halogens is 1. The average Bonchev–Trinajstić information content (AvgIpc) is 2.95. The second kappa shape index (κ2) is 6.84. The van der Waals surface area contributed by atoms with Crippen LogP contribution in [0.2, 0.25) is 0 Å². The van der Waals surface area contributed by atoms with E-state index in [2.05, 4.69) is 20.2 Å². The third-order valence-electron chi connectivity index (χ3n) is 4.90. The molecule has 3 rings (SSSR count). The highest BCUT2D eigenvalue weighted by molar-refractivity contribution is 5.79. The Morgan fingerprint density at radius 3 is 2.78 bits per heavy atom. The van der Waals surface area contributed by atoms with E-state index < -0.39 is 0 Å². The fourth-order valence-corrected chi connectivity index (χ4v) is 3.48. The van der Waals surface area contributed by atoms with Gasteiger partial charge in [-0.15, -0.1) is 0 Å². The highest BCUT2D eigenvalue weighted by Crippen LogP contribution is 2.51. The minimum atomic E-state index is 0. The maximum atomic E-state index is 12.1. The Kier molecular flexibility index (Phi) is 5.45. The Morgan fingerprint density at radius 2 is 2.13 bits per heavy atom. The Balaban J connectivity index is 0.00000192. The van der Waals surface area contributed by atoms with Gasteiger partial charge < -0.3 is 42.7 Å². The van der Waals surface area contributed by atoms with Crippen molar-refractivity contribution in [2.75, 3.05) is 34.5 Å². The SMILES string of the molecule is CCC(=O)CC1c2c(cc3c(c2OC)OCO3)CC[N+]1(C)C.[I-]. The average molecular weight is 433 g/mol. The van der Waals surface area contributed by atoms with Crippen molar-refractivity contribution in [3.05, 3.63) is 17.2 Å². The molecule has 2 aliphatic heterocycles. The van der Waals surface area contributed by atoms with E-state index in [1.165, 1.54) is 5.56 Å². The number of carbonyl (C=O) groups is 1. The molecule has 0 bridgehead atoms. The molecule has 0 saturated heterocycles. The van der Waals surface area contributed by atoms with Crippen molar-refractivity contribution in [2.24, 2.45) is 0 Å². The van der Waals surface area contributed by atoms with Crippen molar-refractivity contribution in [2.45, 2.75) is 32.2 Å². The van der Waals surface area contributed by atoms with Gasteiger partial charge in [0.1, 0.15) is 11.8 Å². The number of benzene rings is 1. The molecule has 1 aromatic carbocycles. The van der Waals surface area contributed by atoms with Crippen LogP contribution in [0.15, 0.2) is 6.07 Å². The molecule has 0 aliphatic carbocycles. The van der Waals surface area contributed by atoms with Gasteiger partial charge in [-0.3, -0.25) is 4.79 Å². The molecule has 0 N–H and O–H groups in total. The normalized spacial score (nSPS) is 20.4. The summed E-state index contributed by atoms with van der Waals surface area (Å²) in [5, 5.41) is 0. The molecule has 0 radical (unpaired) electrons. The van der Waals surface area contributed by atoms with Crippen LogP contribution in [-0.4, -0.2) is 44.8 Å². The smallest absolute Gasteiger partial charge is 0.231 e. The summed E-state index contributed by atoms with van der Waals surface area (Å²) in [6, 6.07) is 2.16. The van der Waals surface area contributed by atoms with Gasteiger partial charge in [0, 0.05) is 12.8 Å². The van der Waals surface area contributed by atoms with Gasteiger partial charge in [0.05, 0.1) is 39.7 Å². The molecule has 1 unspecified atom stereocenters. The quantitative estimate of drug-likeness (QED) is 0.474. The summed E-state index contributed by atoms with van der Waals surface area (Å²) >= 11 is 0. The minimum Gasteiger partial charge on any atom is -1.00 e. The first-order chi connectivity index (χ1) is 10.5. The zero-order valence-electron chi connectivity index (χ0n) is 14.1. The molecular weight excluding hydrogens is 409 g/mol. The monoisotopic (exact) mass is 433 g/mol. The molecule has 1 aromatic rings. The molecule has 2 heterocycles. The summed E-state index contributed by atoms with van der Waals surface area (Å²) < 4.78 is 17.6. The summed E-state index contributed by atoms with van der Waals surface area (Å²) in [7, 11) is 6.02. The topological polar surface area (TPSA) is 44.8 Å². The second-order valence-electron chi connectivity index (χ2n) is 6.58. The number of rotatable bonds is 4. The number of ketones is 1. The van der Waals surface area contributed by atoms with Crippen LogP contribution in [0.25, 0.3) is 0 Å². The lowest BCUT2D eigenvalue weighted by Crippen LogP contribution is -3.00. The van der Waals surface area contributed by atoms with E-state index in [-0.39, 0.29) is 42.6 Å². The van der Waals surface area contributed by atoms with Gasteiger partial charge in [0.15, 0.2) is 11.5 Å². The third kappa shape index (κ3) is 3.15. The molecule has 5 nitrogen and oxygen atoms in total. The maximum Gasteiger partial charge on any atom is 0.231 e. The third-order valence-corrected chi connectivity index (χ3v) is 4.90. The molecule has 0 amide bonds. The van der Waals surface area contributed by atoms with Crippen molar-refractivity contribution < 1.29 is 47.5 Å². The number of hydrogen-bond acceptors (Lipinski definition) is 4. The van der Waals surface area contributed by atoms with E-state index in [9.17, 15) is 4.79 Å². The second-order valence-corrected chi connectivity index (χ2v) is 6.58. The maximum absolute atomic E-state index is 12.1. The summed E-state index contributed by atoms with van der Waals surface area (Å²) in [6.07, 6.45) is 2.05. The first-order valence-electron chi connectivity index (χ1n) is 7.81. The Morgan fingerprint density at radius 1 is 1.39 bits per heavy atom. The van der Waals surface area contributed by atoms with Crippen LogP contribution in [0.1, 0.15) is 36.9 Å². The molecule has 1 atom stereocenters. The first-order valence-corrected chi connectivity index (χ1v) is 7.81. The van der Waals surface area contributed by atoms with E-state index in [1.54, 1.807) is 7.11 Å². The van der Waals surface area contributed by atoms with Crippen LogP contribution in [0.3, 0.4) is 0 Å².